The van der Waals surface area contributed by atoms with E-state index in [1.165, 1.54) is 5.56 Å². The minimum Gasteiger partial charge on any atom is -0.481 e. The molecule has 15 heavy (non-hydrogen) atoms. The number of ether oxygens (including phenoxy) is 1. The van der Waals surface area contributed by atoms with Gasteiger partial charge in [0, 0.05) is 0 Å². The number of benzene rings is 1. The third-order valence-corrected chi connectivity index (χ3v) is 2.44. The zero-order chi connectivity index (χ0) is 11.4. The lowest BCUT2D eigenvalue weighted by atomic mass is 10.1. The molecule has 3 heteroatoms. The van der Waals surface area contributed by atoms with Crippen molar-refractivity contribution in [2.75, 3.05) is 0 Å². The molecule has 0 aliphatic rings. The van der Waals surface area contributed by atoms with Crippen molar-refractivity contribution >= 4 is 5.91 Å². The molecule has 82 valence electrons. The fraction of sp³-hybridized carbons (Fsp3) is 0.417. The molecule has 0 radical (unpaired) electrons. The number of primary amides is 1. The smallest absolute Gasteiger partial charge is 0.258 e. The molecule has 0 spiro atoms. The Morgan fingerprint density at radius 2 is 2.07 bits per heavy atom. The van der Waals surface area contributed by atoms with E-state index in [1.807, 2.05) is 39.0 Å². The predicted octanol–water partition coefficient (Wildman–Crippen LogP) is 1.95. The van der Waals surface area contributed by atoms with E-state index in [1.54, 1.807) is 0 Å². The van der Waals surface area contributed by atoms with Crippen molar-refractivity contribution in [1.82, 2.24) is 0 Å². The van der Waals surface area contributed by atoms with Gasteiger partial charge in [-0.15, -0.1) is 0 Å². The Morgan fingerprint density at radius 3 is 2.53 bits per heavy atom. The molecular formula is C12H17NO2. The van der Waals surface area contributed by atoms with Crippen LogP contribution in [0.1, 0.15) is 24.5 Å². The first-order valence-corrected chi connectivity index (χ1v) is 5.07. The normalized spacial score (nSPS) is 12.2. The molecular weight excluding hydrogens is 190 g/mol. The van der Waals surface area contributed by atoms with Crippen LogP contribution >= 0.6 is 0 Å². The molecule has 1 unspecified atom stereocenters. The number of aryl methyl sites for hydroxylation is 2. The van der Waals surface area contributed by atoms with Crippen molar-refractivity contribution in [3.63, 3.8) is 0 Å². The fourth-order valence-corrected chi connectivity index (χ4v) is 1.29. The van der Waals surface area contributed by atoms with Crippen LogP contribution < -0.4 is 10.5 Å². The van der Waals surface area contributed by atoms with Gasteiger partial charge in [0.1, 0.15) is 5.75 Å². The molecule has 0 aliphatic heterocycles. The summed E-state index contributed by atoms with van der Waals surface area (Å²) in [6.07, 6.45) is 0.0505. The lowest BCUT2D eigenvalue weighted by molar-refractivity contribution is -0.124. The Bertz CT molecular complexity index is 361. The number of carbonyl (C=O) groups excluding carboxylic acids is 1. The number of hydrogen-bond donors (Lipinski definition) is 1. The Morgan fingerprint density at radius 1 is 1.40 bits per heavy atom. The predicted molar refractivity (Wildman–Crippen MR) is 59.8 cm³/mol. The highest BCUT2D eigenvalue weighted by Crippen LogP contribution is 2.18. The van der Waals surface area contributed by atoms with Gasteiger partial charge in [0.2, 0.25) is 0 Å². The minimum absolute atomic E-state index is 0.421. The standard InChI is InChI=1S/C12H17NO2/c1-4-11(12(13)14)15-10-6-5-8(2)9(3)7-10/h5-7,11H,4H2,1-3H3,(H2,13,14). The third-order valence-electron chi connectivity index (χ3n) is 2.44. The van der Waals surface area contributed by atoms with Crippen molar-refractivity contribution in [2.45, 2.75) is 33.3 Å². The topological polar surface area (TPSA) is 52.3 Å². The van der Waals surface area contributed by atoms with Crippen LogP contribution in [0.2, 0.25) is 0 Å². The Balaban J connectivity index is 2.80. The third kappa shape index (κ3) is 2.98. The van der Waals surface area contributed by atoms with Gasteiger partial charge < -0.3 is 10.5 Å². The number of hydrogen-bond acceptors (Lipinski definition) is 2. The molecule has 1 amide bonds. The van der Waals surface area contributed by atoms with Gasteiger partial charge in [-0.25, -0.2) is 0 Å². The summed E-state index contributed by atoms with van der Waals surface area (Å²) in [6.45, 7) is 5.91. The first-order chi connectivity index (χ1) is 7.04. The van der Waals surface area contributed by atoms with Crippen molar-refractivity contribution in [2.24, 2.45) is 5.73 Å². The van der Waals surface area contributed by atoms with Crippen molar-refractivity contribution in [1.29, 1.82) is 0 Å². The molecule has 0 aromatic heterocycles. The molecule has 0 fully saturated rings. The number of nitrogens with two attached hydrogens (primary N) is 1. The second kappa shape index (κ2) is 4.82. The highest BCUT2D eigenvalue weighted by Gasteiger charge is 2.14. The summed E-state index contributed by atoms with van der Waals surface area (Å²) in [6, 6.07) is 5.74. The van der Waals surface area contributed by atoms with Gasteiger partial charge in [-0.05, 0) is 43.5 Å². The summed E-state index contributed by atoms with van der Waals surface area (Å²) < 4.78 is 5.49. The first-order valence-electron chi connectivity index (χ1n) is 5.07. The zero-order valence-corrected chi connectivity index (χ0v) is 9.41. The highest BCUT2D eigenvalue weighted by molar-refractivity contribution is 5.79. The maximum absolute atomic E-state index is 11.0. The number of amides is 1. The molecule has 0 saturated heterocycles. The number of carbonyl (C=O) groups is 1. The summed E-state index contributed by atoms with van der Waals surface area (Å²) in [5.41, 5.74) is 7.55. The second-order valence-electron chi connectivity index (χ2n) is 3.66. The summed E-state index contributed by atoms with van der Waals surface area (Å²) in [5, 5.41) is 0. The van der Waals surface area contributed by atoms with E-state index in [2.05, 4.69) is 0 Å². The van der Waals surface area contributed by atoms with Gasteiger partial charge in [-0.2, -0.15) is 0 Å². The molecule has 0 bridgehead atoms. The fourth-order valence-electron chi connectivity index (χ4n) is 1.29. The first kappa shape index (κ1) is 11.6. The highest BCUT2D eigenvalue weighted by atomic mass is 16.5. The largest absolute Gasteiger partial charge is 0.481 e. The van der Waals surface area contributed by atoms with Gasteiger partial charge in [-0.3, -0.25) is 4.79 Å². The van der Waals surface area contributed by atoms with Crippen LogP contribution in [0.5, 0.6) is 5.75 Å². The molecule has 1 rings (SSSR count). The van der Waals surface area contributed by atoms with Crippen LogP contribution in [-0.4, -0.2) is 12.0 Å². The van der Waals surface area contributed by atoms with Crippen LogP contribution in [0.15, 0.2) is 18.2 Å². The van der Waals surface area contributed by atoms with E-state index >= 15 is 0 Å². The molecule has 1 aromatic rings. The average molecular weight is 207 g/mol. The van der Waals surface area contributed by atoms with Crippen LogP contribution in [-0.2, 0) is 4.79 Å². The van der Waals surface area contributed by atoms with Gasteiger partial charge in [0.25, 0.3) is 5.91 Å². The molecule has 2 N–H and O–H groups in total. The van der Waals surface area contributed by atoms with Gasteiger partial charge in [0.15, 0.2) is 6.10 Å². The Kier molecular flexibility index (Phi) is 3.72. The van der Waals surface area contributed by atoms with Crippen LogP contribution in [0.25, 0.3) is 0 Å². The zero-order valence-electron chi connectivity index (χ0n) is 9.41. The van der Waals surface area contributed by atoms with E-state index in [4.69, 9.17) is 10.5 Å². The van der Waals surface area contributed by atoms with E-state index in [-0.39, 0.29) is 0 Å². The molecule has 0 saturated carbocycles. The molecule has 1 aromatic carbocycles. The molecule has 3 nitrogen and oxygen atoms in total. The van der Waals surface area contributed by atoms with Crippen molar-refractivity contribution < 1.29 is 9.53 Å². The molecule has 0 aliphatic carbocycles. The summed E-state index contributed by atoms with van der Waals surface area (Å²) in [5.74, 6) is 0.277. The van der Waals surface area contributed by atoms with Crippen LogP contribution in [0.3, 0.4) is 0 Å². The SMILES string of the molecule is CCC(Oc1ccc(C)c(C)c1)C(N)=O. The van der Waals surface area contributed by atoms with E-state index in [0.29, 0.717) is 12.2 Å². The lowest BCUT2D eigenvalue weighted by Crippen LogP contribution is -2.32. The van der Waals surface area contributed by atoms with Gasteiger partial charge in [0.05, 0.1) is 0 Å². The van der Waals surface area contributed by atoms with E-state index in [0.717, 1.165) is 5.56 Å². The Hall–Kier alpha value is -1.51. The number of rotatable bonds is 4. The summed E-state index contributed by atoms with van der Waals surface area (Å²) in [7, 11) is 0. The van der Waals surface area contributed by atoms with E-state index < -0.39 is 12.0 Å². The van der Waals surface area contributed by atoms with Crippen LogP contribution in [0, 0.1) is 13.8 Å². The minimum atomic E-state index is -0.535. The average Bonchev–Trinajstić information content (AvgIpc) is 2.19. The van der Waals surface area contributed by atoms with Gasteiger partial charge >= 0.3 is 0 Å². The summed E-state index contributed by atoms with van der Waals surface area (Å²) >= 11 is 0. The van der Waals surface area contributed by atoms with Crippen molar-refractivity contribution in [3.05, 3.63) is 29.3 Å². The second-order valence-corrected chi connectivity index (χ2v) is 3.66. The monoisotopic (exact) mass is 207 g/mol. The van der Waals surface area contributed by atoms with Crippen LogP contribution in [0.4, 0.5) is 0 Å². The maximum Gasteiger partial charge on any atom is 0.258 e. The Labute approximate surface area is 90.2 Å². The molecule has 1 atom stereocenters. The quantitative estimate of drug-likeness (QED) is 0.820. The summed E-state index contributed by atoms with van der Waals surface area (Å²) in [4.78, 5) is 11.0. The maximum atomic E-state index is 11.0. The lowest BCUT2D eigenvalue weighted by Gasteiger charge is -2.14. The van der Waals surface area contributed by atoms with Crippen molar-refractivity contribution in [3.8, 4) is 5.75 Å². The van der Waals surface area contributed by atoms with Gasteiger partial charge in [-0.1, -0.05) is 13.0 Å². The molecule has 0 heterocycles. The van der Waals surface area contributed by atoms with E-state index in [9.17, 15) is 4.79 Å².